The summed E-state index contributed by atoms with van der Waals surface area (Å²) in [4.78, 5) is 0. The summed E-state index contributed by atoms with van der Waals surface area (Å²) in [6, 6.07) is 8.71. The van der Waals surface area contributed by atoms with Gasteiger partial charge in [-0.2, -0.15) is 0 Å². The Morgan fingerprint density at radius 3 is 2.67 bits per heavy atom. The van der Waals surface area contributed by atoms with E-state index >= 15 is 0 Å². The highest BCUT2D eigenvalue weighted by Crippen LogP contribution is 2.48. The molecular formula is C15H22BrNO. The minimum atomic E-state index is 0.289. The molecule has 1 aliphatic carbocycles. The molecule has 1 N–H and O–H groups in total. The molecule has 0 radical (unpaired) electrons. The molecular weight excluding hydrogens is 290 g/mol. The molecule has 2 nitrogen and oxygen atoms in total. The van der Waals surface area contributed by atoms with Crippen LogP contribution in [-0.4, -0.2) is 19.2 Å². The van der Waals surface area contributed by atoms with E-state index in [4.69, 9.17) is 4.74 Å². The highest BCUT2D eigenvalue weighted by molar-refractivity contribution is 9.10. The van der Waals surface area contributed by atoms with Crippen LogP contribution in [0, 0.1) is 5.41 Å². The summed E-state index contributed by atoms with van der Waals surface area (Å²) in [5, 5.41) is 3.43. The third kappa shape index (κ3) is 2.30. The summed E-state index contributed by atoms with van der Waals surface area (Å²) >= 11 is 3.49. The highest BCUT2D eigenvalue weighted by Gasteiger charge is 2.53. The van der Waals surface area contributed by atoms with Gasteiger partial charge in [0.1, 0.15) is 11.9 Å². The minimum absolute atomic E-state index is 0.289. The van der Waals surface area contributed by atoms with Crippen molar-refractivity contribution < 1.29 is 4.74 Å². The summed E-state index contributed by atoms with van der Waals surface area (Å²) in [7, 11) is 2.06. The number of benzene rings is 1. The first kappa shape index (κ1) is 13.9. The summed E-state index contributed by atoms with van der Waals surface area (Å²) in [5.74, 6) is 0.968. The van der Waals surface area contributed by atoms with Crippen molar-refractivity contribution in [3.05, 3.63) is 28.7 Å². The first-order chi connectivity index (χ1) is 8.66. The number of nitrogens with one attached hydrogen (secondary N) is 1. The van der Waals surface area contributed by atoms with Crippen LogP contribution in [0.15, 0.2) is 28.7 Å². The lowest BCUT2D eigenvalue weighted by molar-refractivity contribution is -0.0836. The number of hydrogen-bond donors (Lipinski definition) is 1. The Balaban J connectivity index is 2.10. The lowest BCUT2D eigenvalue weighted by Crippen LogP contribution is -2.63. The molecule has 0 amide bonds. The van der Waals surface area contributed by atoms with Crippen molar-refractivity contribution in [3.8, 4) is 5.75 Å². The van der Waals surface area contributed by atoms with Gasteiger partial charge in [0.25, 0.3) is 0 Å². The average molecular weight is 312 g/mol. The molecule has 18 heavy (non-hydrogen) atoms. The zero-order valence-electron chi connectivity index (χ0n) is 11.4. The number of hydrogen-bond acceptors (Lipinski definition) is 2. The van der Waals surface area contributed by atoms with E-state index in [-0.39, 0.29) is 5.41 Å². The van der Waals surface area contributed by atoms with Crippen LogP contribution in [0.3, 0.4) is 0 Å². The largest absolute Gasteiger partial charge is 0.490 e. The molecule has 0 spiro atoms. The van der Waals surface area contributed by atoms with E-state index in [1.54, 1.807) is 0 Å². The standard InChI is InChI=1S/C15H22BrNO/c1-4-15(5-2)13(17-3)10-14(15)18-12-8-6-7-11(16)9-12/h6-9,13-14,17H,4-5,10H2,1-3H3. The Morgan fingerprint density at radius 1 is 1.39 bits per heavy atom. The maximum Gasteiger partial charge on any atom is 0.120 e. The maximum atomic E-state index is 6.19. The molecule has 1 aromatic rings. The smallest absolute Gasteiger partial charge is 0.120 e. The Kier molecular flexibility index (Phi) is 4.33. The second kappa shape index (κ2) is 5.62. The Bertz CT molecular complexity index is 403. The second-order valence-electron chi connectivity index (χ2n) is 5.08. The van der Waals surface area contributed by atoms with Gasteiger partial charge in [-0.05, 0) is 38.1 Å². The SMILES string of the molecule is CCC1(CC)C(NC)CC1Oc1cccc(Br)c1. The summed E-state index contributed by atoms with van der Waals surface area (Å²) in [6.45, 7) is 4.54. The molecule has 3 heteroatoms. The fraction of sp³-hybridized carbons (Fsp3) is 0.600. The van der Waals surface area contributed by atoms with E-state index in [1.807, 2.05) is 24.3 Å². The number of ether oxygens (including phenoxy) is 1. The third-order valence-electron chi connectivity index (χ3n) is 4.52. The van der Waals surface area contributed by atoms with Crippen molar-refractivity contribution in [2.45, 2.75) is 45.3 Å². The van der Waals surface area contributed by atoms with E-state index < -0.39 is 0 Å². The maximum absolute atomic E-state index is 6.19. The van der Waals surface area contributed by atoms with E-state index in [1.165, 1.54) is 0 Å². The molecule has 2 atom stereocenters. The van der Waals surface area contributed by atoms with Crippen LogP contribution in [0.25, 0.3) is 0 Å². The average Bonchev–Trinajstić information content (AvgIpc) is 2.36. The van der Waals surface area contributed by atoms with Gasteiger partial charge in [0, 0.05) is 22.4 Å². The Labute approximate surface area is 118 Å². The lowest BCUT2D eigenvalue weighted by Gasteiger charge is -2.55. The van der Waals surface area contributed by atoms with Crippen LogP contribution in [0.5, 0.6) is 5.75 Å². The predicted octanol–water partition coefficient (Wildman–Crippen LogP) is 3.99. The molecule has 100 valence electrons. The van der Waals surface area contributed by atoms with Crippen LogP contribution in [0.4, 0.5) is 0 Å². The van der Waals surface area contributed by atoms with E-state index in [2.05, 4.69) is 42.1 Å². The first-order valence-electron chi connectivity index (χ1n) is 6.75. The van der Waals surface area contributed by atoms with Crippen molar-refractivity contribution in [1.82, 2.24) is 5.32 Å². The number of rotatable bonds is 5. The van der Waals surface area contributed by atoms with Gasteiger partial charge in [0.05, 0.1) is 0 Å². The molecule has 0 aliphatic heterocycles. The fourth-order valence-electron chi connectivity index (χ4n) is 3.22. The molecule has 1 fully saturated rings. The molecule has 0 heterocycles. The van der Waals surface area contributed by atoms with Gasteiger partial charge >= 0.3 is 0 Å². The van der Waals surface area contributed by atoms with Crippen LogP contribution >= 0.6 is 15.9 Å². The molecule has 1 saturated carbocycles. The predicted molar refractivity (Wildman–Crippen MR) is 79.0 cm³/mol. The van der Waals surface area contributed by atoms with Gasteiger partial charge in [-0.25, -0.2) is 0 Å². The van der Waals surface area contributed by atoms with E-state index in [0.29, 0.717) is 12.1 Å². The van der Waals surface area contributed by atoms with Gasteiger partial charge in [-0.3, -0.25) is 0 Å². The normalized spacial score (nSPS) is 25.6. The van der Waals surface area contributed by atoms with Crippen LogP contribution < -0.4 is 10.1 Å². The number of halogens is 1. The summed E-state index contributed by atoms with van der Waals surface area (Å²) in [6.07, 6.45) is 3.76. The van der Waals surface area contributed by atoms with E-state index in [0.717, 1.165) is 29.5 Å². The van der Waals surface area contributed by atoms with Crippen LogP contribution in [0.1, 0.15) is 33.1 Å². The Hall–Kier alpha value is -0.540. The second-order valence-corrected chi connectivity index (χ2v) is 6.00. The van der Waals surface area contributed by atoms with Crippen molar-refractivity contribution in [3.63, 3.8) is 0 Å². The fourth-order valence-corrected chi connectivity index (χ4v) is 3.60. The summed E-state index contributed by atoms with van der Waals surface area (Å²) < 4.78 is 7.26. The molecule has 0 aromatic heterocycles. The molecule has 0 bridgehead atoms. The van der Waals surface area contributed by atoms with Crippen molar-refractivity contribution in [1.29, 1.82) is 0 Å². The molecule has 2 rings (SSSR count). The van der Waals surface area contributed by atoms with Crippen LogP contribution in [-0.2, 0) is 0 Å². The quantitative estimate of drug-likeness (QED) is 0.887. The molecule has 0 saturated heterocycles. The van der Waals surface area contributed by atoms with Gasteiger partial charge in [0.2, 0.25) is 0 Å². The summed E-state index contributed by atoms with van der Waals surface area (Å²) in [5.41, 5.74) is 0.289. The zero-order chi connectivity index (χ0) is 13.2. The van der Waals surface area contributed by atoms with Crippen LogP contribution in [0.2, 0.25) is 0 Å². The van der Waals surface area contributed by atoms with Crippen molar-refractivity contribution in [2.75, 3.05) is 7.05 Å². The molecule has 1 aromatic carbocycles. The van der Waals surface area contributed by atoms with Crippen molar-refractivity contribution >= 4 is 15.9 Å². The van der Waals surface area contributed by atoms with Gasteiger partial charge in [0.15, 0.2) is 0 Å². The monoisotopic (exact) mass is 311 g/mol. The minimum Gasteiger partial charge on any atom is -0.490 e. The van der Waals surface area contributed by atoms with Gasteiger partial charge < -0.3 is 10.1 Å². The third-order valence-corrected chi connectivity index (χ3v) is 5.02. The van der Waals surface area contributed by atoms with Gasteiger partial charge in [-0.1, -0.05) is 35.8 Å². The topological polar surface area (TPSA) is 21.3 Å². The van der Waals surface area contributed by atoms with Gasteiger partial charge in [-0.15, -0.1) is 0 Å². The van der Waals surface area contributed by atoms with Crippen molar-refractivity contribution in [2.24, 2.45) is 5.41 Å². The first-order valence-corrected chi connectivity index (χ1v) is 7.55. The zero-order valence-corrected chi connectivity index (χ0v) is 13.0. The Morgan fingerprint density at radius 2 is 2.11 bits per heavy atom. The van der Waals surface area contributed by atoms with E-state index in [9.17, 15) is 0 Å². The highest BCUT2D eigenvalue weighted by atomic mass is 79.9. The lowest BCUT2D eigenvalue weighted by atomic mass is 9.58. The molecule has 2 unspecified atom stereocenters. The molecule has 1 aliphatic rings.